The highest BCUT2D eigenvalue weighted by atomic mass is 16.5. The average Bonchev–Trinajstić information content (AvgIpc) is 3.21. The standard InChI is InChI=1S/C14H17NO4/c1-19-11-4-2-3-10(8-11)13(16)15-12(14(17)18)7-9-5-6-9/h2-4,8-9,12H,5-7H2,1H3,(H,15,16)(H,17,18). The van der Waals surface area contributed by atoms with Gasteiger partial charge in [-0.1, -0.05) is 18.9 Å². The van der Waals surface area contributed by atoms with Crippen molar-refractivity contribution in [3.63, 3.8) is 0 Å². The Morgan fingerprint density at radius 2 is 2.21 bits per heavy atom. The topological polar surface area (TPSA) is 75.6 Å². The summed E-state index contributed by atoms with van der Waals surface area (Å²) in [4.78, 5) is 23.1. The van der Waals surface area contributed by atoms with Gasteiger partial charge in [0.15, 0.2) is 0 Å². The van der Waals surface area contributed by atoms with Crippen molar-refractivity contribution in [2.45, 2.75) is 25.3 Å². The minimum absolute atomic E-state index is 0.382. The summed E-state index contributed by atoms with van der Waals surface area (Å²) in [5.41, 5.74) is 0.404. The third kappa shape index (κ3) is 3.71. The first-order valence-electron chi connectivity index (χ1n) is 6.28. The van der Waals surface area contributed by atoms with Crippen LogP contribution in [0.4, 0.5) is 0 Å². The van der Waals surface area contributed by atoms with E-state index in [1.54, 1.807) is 24.3 Å². The van der Waals surface area contributed by atoms with E-state index in [0.717, 1.165) is 12.8 Å². The van der Waals surface area contributed by atoms with Gasteiger partial charge in [0.2, 0.25) is 0 Å². The summed E-state index contributed by atoms with van der Waals surface area (Å²) >= 11 is 0. The molecule has 1 fully saturated rings. The van der Waals surface area contributed by atoms with Gasteiger partial charge in [0, 0.05) is 5.56 Å². The van der Waals surface area contributed by atoms with Gasteiger partial charge < -0.3 is 15.2 Å². The molecule has 0 spiro atoms. The molecule has 0 saturated heterocycles. The number of carboxylic acid groups (broad SMARTS) is 1. The van der Waals surface area contributed by atoms with Crippen molar-refractivity contribution in [3.8, 4) is 5.75 Å². The number of ether oxygens (including phenoxy) is 1. The van der Waals surface area contributed by atoms with Gasteiger partial charge in [0.1, 0.15) is 11.8 Å². The lowest BCUT2D eigenvalue weighted by Crippen LogP contribution is -2.41. The van der Waals surface area contributed by atoms with Crippen LogP contribution in [-0.4, -0.2) is 30.1 Å². The highest BCUT2D eigenvalue weighted by Crippen LogP contribution is 2.33. The molecule has 1 aliphatic carbocycles. The van der Waals surface area contributed by atoms with Crippen LogP contribution in [0.25, 0.3) is 0 Å². The lowest BCUT2D eigenvalue weighted by molar-refractivity contribution is -0.139. The maximum Gasteiger partial charge on any atom is 0.326 e. The van der Waals surface area contributed by atoms with Crippen LogP contribution in [0.15, 0.2) is 24.3 Å². The fourth-order valence-corrected chi connectivity index (χ4v) is 1.91. The van der Waals surface area contributed by atoms with Crippen molar-refractivity contribution in [1.82, 2.24) is 5.32 Å². The molecule has 5 heteroatoms. The Morgan fingerprint density at radius 1 is 1.47 bits per heavy atom. The molecule has 0 bridgehead atoms. The van der Waals surface area contributed by atoms with E-state index in [1.807, 2.05) is 0 Å². The molecule has 1 amide bonds. The summed E-state index contributed by atoms with van der Waals surface area (Å²) < 4.78 is 5.04. The normalized spacial score (nSPS) is 15.6. The lowest BCUT2D eigenvalue weighted by Gasteiger charge is -2.14. The number of carbonyl (C=O) groups excluding carboxylic acids is 1. The molecule has 0 aliphatic heterocycles. The van der Waals surface area contributed by atoms with Crippen molar-refractivity contribution in [1.29, 1.82) is 0 Å². The number of benzene rings is 1. The second-order valence-electron chi connectivity index (χ2n) is 4.78. The summed E-state index contributed by atoms with van der Waals surface area (Å²) in [5, 5.41) is 11.7. The zero-order valence-corrected chi connectivity index (χ0v) is 10.8. The Labute approximate surface area is 111 Å². The molecule has 1 aromatic carbocycles. The van der Waals surface area contributed by atoms with Gasteiger partial charge in [0.05, 0.1) is 7.11 Å². The first kappa shape index (κ1) is 13.4. The minimum atomic E-state index is -0.983. The second-order valence-corrected chi connectivity index (χ2v) is 4.78. The number of aliphatic carboxylic acids is 1. The summed E-state index contributed by atoms with van der Waals surface area (Å²) in [5.74, 6) is -0.358. The van der Waals surface area contributed by atoms with E-state index in [0.29, 0.717) is 23.7 Å². The van der Waals surface area contributed by atoms with Crippen LogP contribution in [-0.2, 0) is 4.79 Å². The zero-order valence-electron chi connectivity index (χ0n) is 10.8. The van der Waals surface area contributed by atoms with Crippen LogP contribution < -0.4 is 10.1 Å². The molecule has 0 aromatic heterocycles. The molecule has 0 radical (unpaired) electrons. The van der Waals surface area contributed by atoms with Crippen LogP contribution in [0, 0.1) is 5.92 Å². The van der Waals surface area contributed by atoms with Crippen molar-refractivity contribution < 1.29 is 19.4 Å². The number of hydrogen-bond donors (Lipinski definition) is 2. The highest BCUT2D eigenvalue weighted by molar-refractivity contribution is 5.96. The van der Waals surface area contributed by atoms with Gasteiger partial charge in [-0.15, -0.1) is 0 Å². The molecular weight excluding hydrogens is 246 g/mol. The molecule has 102 valence electrons. The fraction of sp³-hybridized carbons (Fsp3) is 0.429. The SMILES string of the molecule is COc1cccc(C(=O)NC(CC2CC2)C(=O)O)c1. The van der Waals surface area contributed by atoms with E-state index in [4.69, 9.17) is 9.84 Å². The number of carbonyl (C=O) groups is 2. The molecule has 1 saturated carbocycles. The van der Waals surface area contributed by atoms with Crippen LogP contribution in [0.5, 0.6) is 5.75 Å². The molecule has 1 aliphatic rings. The lowest BCUT2D eigenvalue weighted by atomic mass is 10.1. The first-order chi connectivity index (χ1) is 9.10. The van der Waals surface area contributed by atoms with Crippen LogP contribution in [0.2, 0.25) is 0 Å². The van der Waals surface area contributed by atoms with Gasteiger partial charge >= 0.3 is 5.97 Å². The number of nitrogens with one attached hydrogen (secondary N) is 1. The predicted octanol–water partition coefficient (Wildman–Crippen LogP) is 1.68. The van der Waals surface area contributed by atoms with Gasteiger partial charge in [-0.2, -0.15) is 0 Å². The second kappa shape index (κ2) is 5.73. The molecule has 19 heavy (non-hydrogen) atoms. The van der Waals surface area contributed by atoms with Gasteiger partial charge in [0.25, 0.3) is 5.91 Å². The Bertz CT molecular complexity index is 482. The quantitative estimate of drug-likeness (QED) is 0.818. The number of carboxylic acids is 1. The summed E-state index contributed by atoms with van der Waals surface area (Å²) in [6.45, 7) is 0. The van der Waals surface area contributed by atoms with E-state index in [9.17, 15) is 9.59 Å². The highest BCUT2D eigenvalue weighted by Gasteiger charge is 2.30. The number of methoxy groups -OCH3 is 1. The van der Waals surface area contributed by atoms with Crippen molar-refractivity contribution in [2.24, 2.45) is 5.92 Å². The molecule has 0 heterocycles. The maximum atomic E-state index is 12.0. The van der Waals surface area contributed by atoms with E-state index in [1.165, 1.54) is 7.11 Å². The number of amides is 1. The Morgan fingerprint density at radius 3 is 2.79 bits per heavy atom. The predicted molar refractivity (Wildman–Crippen MR) is 69.2 cm³/mol. The molecule has 2 rings (SSSR count). The van der Waals surface area contributed by atoms with Crippen molar-refractivity contribution in [3.05, 3.63) is 29.8 Å². The van der Waals surface area contributed by atoms with E-state index >= 15 is 0 Å². The van der Waals surface area contributed by atoms with Crippen LogP contribution in [0.3, 0.4) is 0 Å². The zero-order chi connectivity index (χ0) is 13.8. The Hall–Kier alpha value is -2.04. The summed E-state index contributed by atoms with van der Waals surface area (Å²) in [6.07, 6.45) is 2.61. The fourth-order valence-electron chi connectivity index (χ4n) is 1.91. The van der Waals surface area contributed by atoms with Gasteiger partial charge in [-0.05, 0) is 30.5 Å². The molecule has 1 atom stereocenters. The molecule has 5 nitrogen and oxygen atoms in total. The summed E-state index contributed by atoms with van der Waals surface area (Å²) in [7, 11) is 1.52. The first-order valence-corrected chi connectivity index (χ1v) is 6.28. The third-order valence-electron chi connectivity index (χ3n) is 3.20. The maximum absolute atomic E-state index is 12.0. The monoisotopic (exact) mass is 263 g/mol. The number of rotatable bonds is 6. The minimum Gasteiger partial charge on any atom is -0.497 e. The Balaban J connectivity index is 2.02. The third-order valence-corrected chi connectivity index (χ3v) is 3.20. The molecule has 2 N–H and O–H groups in total. The van der Waals surface area contributed by atoms with E-state index < -0.39 is 12.0 Å². The van der Waals surface area contributed by atoms with Crippen molar-refractivity contribution in [2.75, 3.05) is 7.11 Å². The van der Waals surface area contributed by atoms with Gasteiger partial charge in [-0.3, -0.25) is 4.79 Å². The molecular formula is C14H17NO4. The van der Waals surface area contributed by atoms with Gasteiger partial charge in [-0.25, -0.2) is 4.79 Å². The number of hydrogen-bond acceptors (Lipinski definition) is 3. The van der Waals surface area contributed by atoms with E-state index in [-0.39, 0.29) is 5.91 Å². The van der Waals surface area contributed by atoms with Crippen LogP contribution >= 0.6 is 0 Å². The largest absolute Gasteiger partial charge is 0.497 e. The molecule has 1 unspecified atom stereocenters. The van der Waals surface area contributed by atoms with Crippen LogP contribution in [0.1, 0.15) is 29.6 Å². The van der Waals surface area contributed by atoms with Crippen molar-refractivity contribution >= 4 is 11.9 Å². The summed E-state index contributed by atoms with van der Waals surface area (Å²) in [6, 6.07) is 5.84. The molecule has 1 aromatic rings. The Kier molecular flexibility index (Phi) is 4.04. The van der Waals surface area contributed by atoms with E-state index in [2.05, 4.69) is 5.32 Å². The average molecular weight is 263 g/mol. The smallest absolute Gasteiger partial charge is 0.326 e.